The highest BCUT2D eigenvalue weighted by Crippen LogP contribution is 2.24. The molecule has 0 saturated carbocycles. The van der Waals surface area contributed by atoms with Gasteiger partial charge in [-0.25, -0.2) is 4.98 Å². The molecule has 2 N–H and O–H groups in total. The Labute approximate surface area is 146 Å². The number of hydrogen-bond acceptors (Lipinski definition) is 4. The molecule has 2 aliphatic heterocycles. The number of carbonyl (C=O) groups is 2. The summed E-state index contributed by atoms with van der Waals surface area (Å²) in [5.41, 5.74) is 2.42. The quantitative estimate of drug-likeness (QED) is 0.899. The van der Waals surface area contributed by atoms with Crippen LogP contribution in [0.3, 0.4) is 0 Å². The van der Waals surface area contributed by atoms with Crippen molar-refractivity contribution in [3.8, 4) is 0 Å². The highest BCUT2D eigenvalue weighted by atomic mass is 16.2. The largest absolute Gasteiger partial charge is 0.354 e. The fraction of sp³-hybridized carbons (Fsp3) is 0.316. The highest BCUT2D eigenvalue weighted by molar-refractivity contribution is 5.99. The summed E-state index contributed by atoms with van der Waals surface area (Å²) >= 11 is 0. The van der Waals surface area contributed by atoms with Crippen LogP contribution in [0.15, 0.2) is 42.6 Å². The van der Waals surface area contributed by atoms with Gasteiger partial charge in [0.25, 0.3) is 5.91 Å². The molecule has 4 rings (SSSR count). The third-order valence-corrected chi connectivity index (χ3v) is 4.76. The first-order valence-electron chi connectivity index (χ1n) is 8.59. The van der Waals surface area contributed by atoms with Crippen molar-refractivity contribution in [3.05, 3.63) is 53.7 Å². The summed E-state index contributed by atoms with van der Waals surface area (Å²) in [6, 6.07) is 11.5. The minimum atomic E-state index is -0.101. The molecule has 2 aliphatic rings. The first-order chi connectivity index (χ1) is 12.2. The third kappa shape index (κ3) is 3.33. The van der Waals surface area contributed by atoms with E-state index in [-0.39, 0.29) is 17.9 Å². The van der Waals surface area contributed by atoms with E-state index in [1.807, 2.05) is 30.3 Å². The number of hydrogen-bond donors (Lipinski definition) is 2. The molecule has 0 radical (unpaired) electrons. The average Bonchev–Trinajstić information content (AvgIpc) is 3.10. The van der Waals surface area contributed by atoms with Crippen LogP contribution < -0.4 is 15.5 Å². The number of anilines is 2. The Balaban J connectivity index is 1.41. The first-order valence-corrected chi connectivity index (χ1v) is 8.59. The van der Waals surface area contributed by atoms with E-state index in [9.17, 15) is 9.59 Å². The number of aryl methyl sites for hydroxylation is 1. The van der Waals surface area contributed by atoms with E-state index in [1.165, 1.54) is 0 Å². The third-order valence-electron chi connectivity index (χ3n) is 4.76. The molecule has 3 heterocycles. The molecular weight excluding hydrogens is 316 g/mol. The zero-order valence-electron chi connectivity index (χ0n) is 13.9. The number of rotatable bonds is 3. The summed E-state index contributed by atoms with van der Waals surface area (Å²) in [5.74, 6) is 0.845. The predicted octanol–water partition coefficient (Wildman–Crippen LogP) is 1.97. The van der Waals surface area contributed by atoms with E-state index in [0.29, 0.717) is 12.0 Å². The van der Waals surface area contributed by atoms with Crippen LogP contribution >= 0.6 is 0 Å². The Bertz CT molecular complexity index is 806. The van der Waals surface area contributed by atoms with Crippen molar-refractivity contribution in [1.82, 2.24) is 10.3 Å². The second-order valence-corrected chi connectivity index (χ2v) is 6.51. The van der Waals surface area contributed by atoms with Crippen molar-refractivity contribution >= 4 is 23.3 Å². The number of carbonyl (C=O) groups excluding carboxylic acids is 2. The lowest BCUT2D eigenvalue weighted by Gasteiger charge is -2.19. The Morgan fingerprint density at radius 2 is 2.16 bits per heavy atom. The number of pyridine rings is 1. The zero-order valence-corrected chi connectivity index (χ0v) is 13.9. The molecule has 0 aliphatic carbocycles. The summed E-state index contributed by atoms with van der Waals surface area (Å²) in [4.78, 5) is 30.6. The van der Waals surface area contributed by atoms with Gasteiger partial charge in [0.05, 0.1) is 0 Å². The zero-order chi connectivity index (χ0) is 17.2. The van der Waals surface area contributed by atoms with Gasteiger partial charge in [0.1, 0.15) is 5.82 Å². The Hall–Kier alpha value is -2.89. The lowest BCUT2D eigenvalue weighted by Crippen LogP contribution is -2.37. The molecular formula is C19H20N4O2. The molecule has 2 amide bonds. The number of amides is 2. The van der Waals surface area contributed by atoms with Crippen LogP contribution in [0, 0.1) is 0 Å². The van der Waals surface area contributed by atoms with Gasteiger partial charge in [-0.2, -0.15) is 0 Å². The molecule has 1 atom stereocenters. The standard InChI is InChI=1S/C19H20N4O2/c24-18-7-6-13-4-5-14(11-16(13)22-18)19(25)21-15-8-10-23(12-15)17-3-1-2-9-20-17/h1-5,9,11,15H,6-8,10,12H2,(H,21,25)(H,22,24). The summed E-state index contributed by atoms with van der Waals surface area (Å²) in [6.07, 6.45) is 3.90. The van der Waals surface area contributed by atoms with Gasteiger partial charge in [-0.1, -0.05) is 12.1 Å². The van der Waals surface area contributed by atoms with E-state index in [1.54, 1.807) is 12.3 Å². The van der Waals surface area contributed by atoms with Gasteiger partial charge in [-0.15, -0.1) is 0 Å². The number of benzene rings is 1. The second-order valence-electron chi connectivity index (χ2n) is 6.51. The summed E-state index contributed by atoms with van der Waals surface area (Å²) < 4.78 is 0. The van der Waals surface area contributed by atoms with Crippen LogP contribution in [-0.4, -0.2) is 35.9 Å². The first kappa shape index (κ1) is 15.6. The Kier molecular flexibility index (Phi) is 4.09. The van der Waals surface area contributed by atoms with Gasteiger partial charge < -0.3 is 15.5 Å². The van der Waals surface area contributed by atoms with Crippen LogP contribution in [0.1, 0.15) is 28.8 Å². The summed E-state index contributed by atoms with van der Waals surface area (Å²) in [5, 5.41) is 5.93. The minimum absolute atomic E-state index is 0.00635. The van der Waals surface area contributed by atoms with E-state index >= 15 is 0 Å². The van der Waals surface area contributed by atoms with E-state index < -0.39 is 0 Å². The number of nitrogens with zero attached hydrogens (tertiary/aromatic N) is 2. The lowest BCUT2D eigenvalue weighted by molar-refractivity contribution is -0.116. The second kappa shape index (κ2) is 6.55. The molecule has 25 heavy (non-hydrogen) atoms. The number of fused-ring (bicyclic) bond motifs is 1. The summed E-state index contributed by atoms with van der Waals surface area (Å²) in [7, 11) is 0. The molecule has 1 aromatic heterocycles. The van der Waals surface area contributed by atoms with E-state index in [4.69, 9.17) is 0 Å². The lowest BCUT2D eigenvalue weighted by atomic mass is 10.0. The van der Waals surface area contributed by atoms with Gasteiger partial charge in [0, 0.05) is 43.0 Å². The maximum Gasteiger partial charge on any atom is 0.251 e. The molecule has 1 unspecified atom stereocenters. The molecule has 6 nitrogen and oxygen atoms in total. The van der Waals surface area contributed by atoms with Crippen LogP contribution in [0.5, 0.6) is 0 Å². The summed E-state index contributed by atoms with van der Waals surface area (Å²) in [6.45, 7) is 1.63. The van der Waals surface area contributed by atoms with Crippen molar-refractivity contribution in [3.63, 3.8) is 0 Å². The van der Waals surface area contributed by atoms with E-state index in [2.05, 4.69) is 20.5 Å². The topological polar surface area (TPSA) is 74.3 Å². The van der Waals surface area contributed by atoms with Crippen molar-refractivity contribution in [2.24, 2.45) is 0 Å². The monoisotopic (exact) mass is 336 g/mol. The van der Waals surface area contributed by atoms with Crippen LogP contribution in [0.4, 0.5) is 11.5 Å². The maximum absolute atomic E-state index is 12.6. The SMILES string of the molecule is O=C1CCc2ccc(C(=O)NC3CCN(c4ccccn4)C3)cc2N1. The molecule has 1 saturated heterocycles. The van der Waals surface area contributed by atoms with Crippen molar-refractivity contribution in [2.75, 3.05) is 23.3 Å². The molecule has 0 bridgehead atoms. The molecule has 1 fully saturated rings. The van der Waals surface area contributed by atoms with Crippen LogP contribution in [0.25, 0.3) is 0 Å². The van der Waals surface area contributed by atoms with Crippen molar-refractivity contribution in [1.29, 1.82) is 0 Å². The molecule has 6 heteroatoms. The van der Waals surface area contributed by atoms with Gasteiger partial charge >= 0.3 is 0 Å². The Morgan fingerprint density at radius 3 is 3.00 bits per heavy atom. The minimum Gasteiger partial charge on any atom is -0.354 e. The number of nitrogens with one attached hydrogen (secondary N) is 2. The molecule has 2 aromatic rings. The predicted molar refractivity (Wildman–Crippen MR) is 95.7 cm³/mol. The van der Waals surface area contributed by atoms with Gasteiger partial charge in [-0.05, 0) is 42.7 Å². The van der Waals surface area contributed by atoms with Crippen LogP contribution in [0.2, 0.25) is 0 Å². The van der Waals surface area contributed by atoms with Gasteiger partial charge in [0.2, 0.25) is 5.91 Å². The molecule has 1 aromatic carbocycles. The average molecular weight is 336 g/mol. The van der Waals surface area contributed by atoms with Crippen molar-refractivity contribution < 1.29 is 9.59 Å². The normalized spacial score (nSPS) is 19.3. The smallest absolute Gasteiger partial charge is 0.251 e. The highest BCUT2D eigenvalue weighted by Gasteiger charge is 2.25. The fourth-order valence-electron chi connectivity index (χ4n) is 3.41. The van der Waals surface area contributed by atoms with Crippen LogP contribution in [-0.2, 0) is 11.2 Å². The molecule has 0 spiro atoms. The number of aromatic nitrogens is 1. The van der Waals surface area contributed by atoms with Gasteiger partial charge in [0.15, 0.2) is 0 Å². The fourth-order valence-corrected chi connectivity index (χ4v) is 3.41. The van der Waals surface area contributed by atoms with Gasteiger partial charge in [-0.3, -0.25) is 9.59 Å². The van der Waals surface area contributed by atoms with E-state index in [0.717, 1.165) is 43.0 Å². The van der Waals surface area contributed by atoms with Crippen molar-refractivity contribution in [2.45, 2.75) is 25.3 Å². The molecule has 128 valence electrons. The maximum atomic E-state index is 12.6. The Morgan fingerprint density at radius 1 is 1.24 bits per heavy atom.